The first kappa shape index (κ1) is 22.4. The third-order valence-electron chi connectivity index (χ3n) is 7.60. The number of alkyl carbamates (subject to hydrolysis) is 1. The van der Waals surface area contributed by atoms with Gasteiger partial charge in [-0.15, -0.1) is 0 Å². The number of hydrogen-bond donors (Lipinski definition) is 2. The summed E-state index contributed by atoms with van der Waals surface area (Å²) in [5.41, 5.74) is 3.26. The second-order valence-electron chi connectivity index (χ2n) is 9.45. The molecule has 6 rings (SSSR count). The van der Waals surface area contributed by atoms with Crippen LogP contribution in [0.5, 0.6) is 0 Å². The molecule has 2 bridgehead atoms. The summed E-state index contributed by atoms with van der Waals surface area (Å²) in [6, 6.07) is 15.0. The molecule has 2 atom stereocenters. The summed E-state index contributed by atoms with van der Waals surface area (Å²) in [5.74, 6) is -1.37. The molecular weight excluding hydrogens is 436 g/mol. The van der Waals surface area contributed by atoms with Crippen LogP contribution in [0, 0.1) is 5.92 Å². The molecule has 0 spiro atoms. The Labute approximate surface area is 197 Å². The normalized spacial score (nSPS) is 23.9. The Morgan fingerprint density at radius 2 is 1.68 bits per heavy atom. The van der Waals surface area contributed by atoms with Crippen LogP contribution < -0.4 is 5.32 Å². The van der Waals surface area contributed by atoms with Gasteiger partial charge in [0.05, 0.1) is 6.10 Å². The third kappa shape index (κ3) is 3.44. The lowest BCUT2D eigenvalue weighted by Gasteiger charge is -2.39. The number of carboxylic acid groups (broad SMARTS) is 1. The van der Waals surface area contributed by atoms with Crippen LogP contribution in [0.2, 0.25) is 0 Å². The van der Waals surface area contributed by atoms with Gasteiger partial charge in [-0.05, 0) is 47.9 Å². The molecule has 3 fully saturated rings. The Morgan fingerprint density at radius 3 is 2.24 bits per heavy atom. The van der Waals surface area contributed by atoms with Crippen molar-refractivity contribution in [1.29, 1.82) is 0 Å². The number of nitrogens with one attached hydrogen (secondary N) is 1. The van der Waals surface area contributed by atoms with Gasteiger partial charge in [-0.1, -0.05) is 48.5 Å². The quantitative estimate of drug-likeness (QED) is 0.653. The number of fused-ring (bicyclic) bond motifs is 4. The van der Waals surface area contributed by atoms with Gasteiger partial charge in [0.15, 0.2) is 0 Å². The molecule has 0 radical (unpaired) electrons. The Kier molecular flexibility index (Phi) is 5.56. The van der Waals surface area contributed by atoms with Crippen LogP contribution >= 0.6 is 0 Å². The summed E-state index contributed by atoms with van der Waals surface area (Å²) in [6.45, 7) is 2.16. The number of ether oxygens (including phenoxy) is 2. The minimum atomic E-state index is -1.17. The van der Waals surface area contributed by atoms with Gasteiger partial charge < -0.3 is 24.8 Å². The molecule has 2 aliphatic heterocycles. The summed E-state index contributed by atoms with van der Waals surface area (Å²) in [7, 11) is 1.45. The molecule has 34 heavy (non-hydrogen) atoms. The molecule has 2 aliphatic carbocycles. The highest BCUT2D eigenvalue weighted by atomic mass is 16.5. The van der Waals surface area contributed by atoms with Crippen molar-refractivity contribution in [2.45, 2.75) is 43.4 Å². The first-order chi connectivity index (χ1) is 16.4. The maximum Gasteiger partial charge on any atom is 0.407 e. The number of carboxylic acids is 1. The topological polar surface area (TPSA) is 105 Å². The molecule has 2 aromatic carbocycles. The van der Waals surface area contributed by atoms with Crippen LogP contribution in [-0.4, -0.2) is 65.9 Å². The minimum absolute atomic E-state index is 0.103. The highest BCUT2D eigenvalue weighted by Crippen LogP contribution is 2.51. The molecule has 178 valence electrons. The number of benzene rings is 2. The average Bonchev–Trinajstić information content (AvgIpc) is 3.49. The van der Waals surface area contributed by atoms with Crippen molar-refractivity contribution in [3.63, 3.8) is 0 Å². The molecule has 2 N–H and O–H groups in total. The molecule has 1 saturated carbocycles. The molecule has 2 heterocycles. The number of carbonyl (C=O) groups is 3. The lowest BCUT2D eigenvalue weighted by Crippen LogP contribution is -2.61. The van der Waals surface area contributed by atoms with Crippen LogP contribution in [0.1, 0.15) is 36.8 Å². The van der Waals surface area contributed by atoms with Crippen molar-refractivity contribution in [1.82, 2.24) is 10.2 Å². The number of amides is 2. The fourth-order valence-corrected chi connectivity index (χ4v) is 5.72. The van der Waals surface area contributed by atoms with E-state index >= 15 is 0 Å². The smallest absolute Gasteiger partial charge is 0.407 e. The molecule has 8 nitrogen and oxygen atoms in total. The zero-order valence-corrected chi connectivity index (χ0v) is 19.2. The van der Waals surface area contributed by atoms with Crippen molar-refractivity contribution in [3.8, 4) is 11.1 Å². The van der Waals surface area contributed by atoms with Crippen LogP contribution in [-0.2, 0) is 19.1 Å². The number of hydrogen-bond acceptors (Lipinski definition) is 5. The van der Waals surface area contributed by atoms with E-state index in [9.17, 15) is 19.5 Å². The van der Waals surface area contributed by atoms with E-state index in [4.69, 9.17) is 9.47 Å². The third-order valence-corrected chi connectivity index (χ3v) is 7.60. The summed E-state index contributed by atoms with van der Waals surface area (Å²) in [4.78, 5) is 39.4. The Bertz CT molecular complexity index is 1100. The van der Waals surface area contributed by atoms with E-state index < -0.39 is 35.7 Å². The molecule has 2 aromatic rings. The van der Waals surface area contributed by atoms with Crippen LogP contribution in [0.25, 0.3) is 11.1 Å². The standard InChI is InChI=1S/C26H28N2O6/c1-15(33-2)22(23(29)28-13-16-11-26(28,12-16)24(30)31)27-25(32)34-14-21-19-9-5-3-7-17(19)18-8-4-6-10-20(18)21/h3-10,15-16,21-22H,11-14H2,1-2H3,(H,27,32)(H,30,31)/t15-,16?,22+,26?/m1/s1. The molecule has 4 aliphatic rings. The molecule has 2 amide bonds. The van der Waals surface area contributed by atoms with Crippen molar-refractivity contribution in [3.05, 3.63) is 59.7 Å². The maximum atomic E-state index is 13.3. The van der Waals surface area contributed by atoms with Crippen molar-refractivity contribution < 1.29 is 29.0 Å². The Balaban J connectivity index is 1.29. The number of methoxy groups -OCH3 is 1. The van der Waals surface area contributed by atoms with Gasteiger partial charge in [0.25, 0.3) is 0 Å². The van der Waals surface area contributed by atoms with Crippen LogP contribution in [0.4, 0.5) is 4.79 Å². The zero-order chi connectivity index (χ0) is 24.0. The first-order valence-electron chi connectivity index (χ1n) is 11.5. The van der Waals surface area contributed by atoms with E-state index in [1.54, 1.807) is 6.92 Å². The second-order valence-corrected chi connectivity index (χ2v) is 9.45. The predicted octanol–water partition coefficient (Wildman–Crippen LogP) is 3.00. The summed E-state index contributed by atoms with van der Waals surface area (Å²) in [5, 5.41) is 12.4. The fourth-order valence-electron chi connectivity index (χ4n) is 5.72. The zero-order valence-electron chi connectivity index (χ0n) is 19.2. The minimum Gasteiger partial charge on any atom is -0.479 e. The van der Waals surface area contributed by atoms with E-state index in [1.807, 2.05) is 36.4 Å². The van der Waals surface area contributed by atoms with E-state index in [-0.39, 0.29) is 18.4 Å². The van der Waals surface area contributed by atoms with Gasteiger partial charge in [-0.2, -0.15) is 0 Å². The van der Waals surface area contributed by atoms with E-state index in [1.165, 1.54) is 12.0 Å². The molecular formula is C26H28N2O6. The van der Waals surface area contributed by atoms with E-state index in [0.717, 1.165) is 22.3 Å². The first-order valence-corrected chi connectivity index (χ1v) is 11.5. The van der Waals surface area contributed by atoms with Crippen LogP contribution in [0.3, 0.4) is 0 Å². The van der Waals surface area contributed by atoms with Gasteiger partial charge in [0.1, 0.15) is 18.2 Å². The Hall–Kier alpha value is -3.39. The fraction of sp³-hybridized carbons (Fsp3) is 0.423. The SMILES string of the molecule is CO[C@H](C)[C@H](NC(=O)OCC1c2ccccc2-c2ccccc21)C(=O)N1CC2CC1(C(=O)O)C2. The summed E-state index contributed by atoms with van der Waals surface area (Å²) in [6.07, 6.45) is -0.489. The average molecular weight is 465 g/mol. The summed E-state index contributed by atoms with van der Waals surface area (Å²) >= 11 is 0. The van der Waals surface area contributed by atoms with Gasteiger partial charge in [0.2, 0.25) is 5.91 Å². The molecule has 2 saturated heterocycles. The van der Waals surface area contributed by atoms with Gasteiger partial charge in [0, 0.05) is 19.6 Å². The lowest BCUT2D eigenvalue weighted by atomic mass is 9.73. The highest BCUT2D eigenvalue weighted by molar-refractivity contribution is 5.93. The van der Waals surface area contributed by atoms with E-state index in [0.29, 0.717) is 19.4 Å². The highest BCUT2D eigenvalue weighted by Gasteiger charge is 2.63. The number of carbonyl (C=O) groups excluding carboxylic acids is 2. The monoisotopic (exact) mass is 464 g/mol. The van der Waals surface area contributed by atoms with Crippen molar-refractivity contribution in [2.75, 3.05) is 20.3 Å². The largest absolute Gasteiger partial charge is 0.479 e. The van der Waals surface area contributed by atoms with Gasteiger partial charge in [-0.25, -0.2) is 9.59 Å². The Morgan fingerprint density at radius 1 is 1.09 bits per heavy atom. The van der Waals surface area contributed by atoms with Gasteiger partial charge >= 0.3 is 12.1 Å². The van der Waals surface area contributed by atoms with E-state index in [2.05, 4.69) is 17.4 Å². The van der Waals surface area contributed by atoms with Crippen LogP contribution in [0.15, 0.2) is 48.5 Å². The lowest BCUT2D eigenvalue weighted by molar-refractivity contribution is -0.160. The van der Waals surface area contributed by atoms with Crippen molar-refractivity contribution in [2.24, 2.45) is 5.92 Å². The second kappa shape index (κ2) is 8.43. The number of rotatable bonds is 7. The molecule has 0 aromatic heterocycles. The number of aliphatic carboxylic acids is 1. The number of nitrogens with zero attached hydrogens (tertiary/aromatic N) is 1. The maximum absolute atomic E-state index is 13.3. The molecule has 8 heteroatoms. The van der Waals surface area contributed by atoms with Crippen molar-refractivity contribution >= 4 is 18.0 Å². The predicted molar refractivity (Wildman–Crippen MR) is 123 cm³/mol. The van der Waals surface area contributed by atoms with Gasteiger partial charge in [-0.3, -0.25) is 4.79 Å². The molecule has 0 unspecified atom stereocenters. The summed E-state index contributed by atoms with van der Waals surface area (Å²) < 4.78 is 10.9.